The molecule has 0 radical (unpaired) electrons. The summed E-state index contributed by atoms with van der Waals surface area (Å²) in [7, 11) is 1.65. The molecule has 0 saturated heterocycles. The first-order chi connectivity index (χ1) is 11.6. The lowest BCUT2D eigenvalue weighted by Gasteiger charge is -2.12. The molecule has 1 aromatic heterocycles. The maximum absolute atomic E-state index is 5.37. The number of para-hydroxylation sites is 2. The molecule has 0 amide bonds. The third-order valence-electron chi connectivity index (χ3n) is 3.50. The minimum absolute atomic E-state index is 0.554. The fourth-order valence-corrected chi connectivity index (χ4v) is 2.43. The Morgan fingerprint density at radius 1 is 0.875 bits per heavy atom. The predicted octanol–water partition coefficient (Wildman–Crippen LogP) is 4.59. The van der Waals surface area contributed by atoms with E-state index >= 15 is 0 Å². The predicted molar refractivity (Wildman–Crippen MR) is 97.5 cm³/mol. The van der Waals surface area contributed by atoms with E-state index in [0.717, 1.165) is 22.8 Å². The summed E-state index contributed by atoms with van der Waals surface area (Å²) in [6.07, 6.45) is 0. The zero-order valence-electron chi connectivity index (χ0n) is 14.0. The molecular weight excluding hydrogens is 300 g/mol. The Morgan fingerprint density at radius 2 is 1.71 bits per heavy atom. The molecule has 0 atom stereocenters. The largest absolute Gasteiger partial charge is 0.495 e. The Hall–Kier alpha value is -3.08. The van der Waals surface area contributed by atoms with Crippen molar-refractivity contribution in [1.82, 2.24) is 9.97 Å². The summed E-state index contributed by atoms with van der Waals surface area (Å²) in [5, 5.41) is 6.53. The summed E-state index contributed by atoms with van der Waals surface area (Å²) in [6.45, 7) is 3.99. The second-order valence-electron chi connectivity index (χ2n) is 5.54. The number of hydrogen-bond acceptors (Lipinski definition) is 5. The van der Waals surface area contributed by atoms with Crippen molar-refractivity contribution < 1.29 is 4.74 Å². The molecule has 5 heteroatoms. The van der Waals surface area contributed by atoms with Gasteiger partial charge in [0.2, 0.25) is 5.95 Å². The maximum atomic E-state index is 5.37. The lowest BCUT2D eigenvalue weighted by atomic mass is 10.2. The van der Waals surface area contributed by atoms with Crippen LogP contribution in [0.15, 0.2) is 54.6 Å². The number of aryl methyl sites for hydroxylation is 2. The Morgan fingerprint density at radius 3 is 2.50 bits per heavy atom. The number of nitrogens with one attached hydrogen (secondary N) is 2. The van der Waals surface area contributed by atoms with E-state index in [1.807, 2.05) is 49.4 Å². The number of rotatable bonds is 5. The smallest absolute Gasteiger partial charge is 0.229 e. The molecule has 0 aliphatic carbocycles. The van der Waals surface area contributed by atoms with E-state index in [1.54, 1.807) is 7.11 Å². The zero-order valence-corrected chi connectivity index (χ0v) is 14.0. The van der Waals surface area contributed by atoms with Crippen molar-refractivity contribution in [2.45, 2.75) is 13.8 Å². The molecule has 0 aliphatic heterocycles. The van der Waals surface area contributed by atoms with Crippen LogP contribution in [-0.2, 0) is 0 Å². The zero-order chi connectivity index (χ0) is 16.9. The molecule has 3 aromatic rings. The van der Waals surface area contributed by atoms with Gasteiger partial charge in [-0.3, -0.25) is 0 Å². The molecule has 0 bridgehead atoms. The van der Waals surface area contributed by atoms with E-state index in [4.69, 9.17) is 4.74 Å². The molecule has 122 valence electrons. The molecule has 2 N–H and O–H groups in total. The Labute approximate surface area is 141 Å². The topological polar surface area (TPSA) is 59.1 Å². The number of hydrogen-bond donors (Lipinski definition) is 2. The number of methoxy groups -OCH3 is 1. The van der Waals surface area contributed by atoms with Crippen LogP contribution in [0.3, 0.4) is 0 Å². The van der Waals surface area contributed by atoms with Crippen LogP contribution in [0.25, 0.3) is 0 Å². The number of nitrogens with zero attached hydrogens (tertiary/aromatic N) is 2. The monoisotopic (exact) mass is 320 g/mol. The molecule has 1 heterocycles. The first-order valence-electron chi connectivity index (χ1n) is 7.73. The minimum Gasteiger partial charge on any atom is -0.495 e. The molecule has 3 rings (SSSR count). The van der Waals surface area contributed by atoms with Crippen LogP contribution >= 0.6 is 0 Å². The number of ether oxygens (including phenoxy) is 1. The van der Waals surface area contributed by atoms with Crippen molar-refractivity contribution in [3.8, 4) is 5.75 Å². The lowest BCUT2D eigenvalue weighted by molar-refractivity contribution is 0.417. The standard InChI is InChI=1S/C19H20N4O/c1-13-7-6-8-15(11-13)21-19-20-14(2)12-18(23-19)22-16-9-4-5-10-17(16)24-3/h4-12H,1-3H3,(H2,20,21,22,23). The van der Waals surface area contributed by atoms with E-state index in [2.05, 4.69) is 39.7 Å². The highest BCUT2D eigenvalue weighted by atomic mass is 16.5. The highest BCUT2D eigenvalue weighted by molar-refractivity contribution is 5.65. The van der Waals surface area contributed by atoms with Gasteiger partial charge in [-0.05, 0) is 43.7 Å². The SMILES string of the molecule is COc1ccccc1Nc1cc(C)nc(Nc2cccc(C)c2)n1. The summed E-state index contributed by atoms with van der Waals surface area (Å²) in [5.41, 5.74) is 3.88. The first-order valence-corrected chi connectivity index (χ1v) is 7.73. The molecule has 0 fully saturated rings. The third-order valence-corrected chi connectivity index (χ3v) is 3.50. The van der Waals surface area contributed by atoms with Gasteiger partial charge in [0.15, 0.2) is 0 Å². The Bertz CT molecular complexity index is 848. The van der Waals surface area contributed by atoms with Gasteiger partial charge in [0, 0.05) is 17.4 Å². The van der Waals surface area contributed by atoms with Gasteiger partial charge in [0.25, 0.3) is 0 Å². The molecule has 5 nitrogen and oxygen atoms in total. The van der Waals surface area contributed by atoms with Crippen molar-refractivity contribution >= 4 is 23.1 Å². The number of anilines is 4. The van der Waals surface area contributed by atoms with Crippen molar-refractivity contribution in [3.05, 3.63) is 65.9 Å². The van der Waals surface area contributed by atoms with E-state index < -0.39 is 0 Å². The second-order valence-corrected chi connectivity index (χ2v) is 5.54. The first kappa shape index (κ1) is 15.8. The summed E-state index contributed by atoms with van der Waals surface area (Å²) in [5.74, 6) is 2.03. The van der Waals surface area contributed by atoms with Gasteiger partial charge in [-0.1, -0.05) is 24.3 Å². The number of benzene rings is 2. The van der Waals surface area contributed by atoms with Gasteiger partial charge in [-0.15, -0.1) is 0 Å². The Kier molecular flexibility index (Phi) is 4.61. The van der Waals surface area contributed by atoms with Crippen molar-refractivity contribution in [2.24, 2.45) is 0 Å². The average molecular weight is 320 g/mol. The molecule has 0 unspecified atom stereocenters. The molecule has 0 saturated carbocycles. The maximum Gasteiger partial charge on any atom is 0.229 e. The van der Waals surface area contributed by atoms with Crippen molar-refractivity contribution in [1.29, 1.82) is 0 Å². The van der Waals surface area contributed by atoms with Crippen molar-refractivity contribution in [2.75, 3.05) is 17.7 Å². The Balaban J connectivity index is 1.86. The molecule has 0 spiro atoms. The van der Waals surface area contributed by atoms with Gasteiger partial charge < -0.3 is 15.4 Å². The lowest BCUT2D eigenvalue weighted by Crippen LogP contribution is -2.03. The van der Waals surface area contributed by atoms with E-state index in [1.165, 1.54) is 5.56 Å². The van der Waals surface area contributed by atoms with Crippen molar-refractivity contribution in [3.63, 3.8) is 0 Å². The number of aromatic nitrogens is 2. The van der Waals surface area contributed by atoms with Crippen LogP contribution in [-0.4, -0.2) is 17.1 Å². The van der Waals surface area contributed by atoms with Gasteiger partial charge >= 0.3 is 0 Å². The molecule has 24 heavy (non-hydrogen) atoms. The van der Waals surface area contributed by atoms with Gasteiger partial charge in [0.05, 0.1) is 12.8 Å². The van der Waals surface area contributed by atoms with Gasteiger partial charge in [-0.25, -0.2) is 4.98 Å². The second kappa shape index (κ2) is 7.00. The van der Waals surface area contributed by atoms with Crippen LogP contribution in [0.5, 0.6) is 5.75 Å². The third kappa shape index (κ3) is 3.81. The summed E-state index contributed by atoms with van der Waals surface area (Å²) in [4.78, 5) is 8.99. The fraction of sp³-hybridized carbons (Fsp3) is 0.158. The summed E-state index contributed by atoms with van der Waals surface area (Å²) < 4.78 is 5.37. The normalized spacial score (nSPS) is 10.3. The highest BCUT2D eigenvalue weighted by Gasteiger charge is 2.06. The minimum atomic E-state index is 0.554. The van der Waals surface area contributed by atoms with E-state index in [0.29, 0.717) is 11.8 Å². The highest BCUT2D eigenvalue weighted by Crippen LogP contribution is 2.27. The summed E-state index contributed by atoms with van der Waals surface area (Å²) in [6, 6.07) is 17.7. The summed E-state index contributed by atoms with van der Waals surface area (Å²) >= 11 is 0. The molecular formula is C19H20N4O. The van der Waals surface area contributed by atoms with Gasteiger partial charge in [0.1, 0.15) is 11.6 Å². The van der Waals surface area contributed by atoms with E-state index in [-0.39, 0.29) is 0 Å². The average Bonchev–Trinajstić information content (AvgIpc) is 2.55. The van der Waals surface area contributed by atoms with Gasteiger partial charge in [-0.2, -0.15) is 4.98 Å². The van der Waals surface area contributed by atoms with Crippen LogP contribution in [0, 0.1) is 13.8 Å². The van der Waals surface area contributed by atoms with Crippen LogP contribution in [0.4, 0.5) is 23.1 Å². The van der Waals surface area contributed by atoms with E-state index in [9.17, 15) is 0 Å². The quantitative estimate of drug-likeness (QED) is 0.720. The fourth-order valence-electron chi connectivity index (χ4n) is 2.43. The van der Waals surface area contributed by atoms with Crippen LogP contribution in [0.1, 0.15) is 11.3 Å². The van der Waals surface area contributed by atoms with Crippen LogP contribution in [0.2, 0.25) is 0 Å². The van der Waals surface area contributed by atoms with Crippen LogP contribution < -0.4 is 15.4 Å². The molecule has 2 aromatic carbocycles. The molecule has 0 aliphatic rings.